The van der Waals surface area contributed by atoms with Gasteiger partial charge in [0, 0.05) is 11.8 Å². The summed E-state index contributed by atoms with van der Waals surface area (Å²) in [7, 11) is 0. The maximum Gasteiger partial charge on any atom is 0.242 e. The van der Waals surface area contributed by atoms with Crippen LogP contribution in [0, 0.1) is 23.0 Å². The van der Waals surface area contributed by atoms with Crippen molar-refractivity contribution in [3.63, 3.8) is 0 Å². The Kier molecular flexibility index (Phi) is 5.96. The highest BCUT2D eigenvalue weighted by Gasteiger charge is 2.24. The van der Waals surface area contributed by atoms with Crippen LogP contribution in [0.3, 0.4) is 0 Å². The number of halogens is 2. The summed E-state index contributed by atoms with van der Waals surface area (Å²) in [6.07, 6.45) is 3.44. The molecule has 2 aromatic carbocycles. The van der Waals surface area contributed by atoms with Crippen LogP contribution in [0.4, 0.5) is 8.78 Å². The molecule has 0 amide bonds. The first kappa shape index (κ1) is 21.9. The Labute approximate surface area is 198 Å². The molecule has 0 N–H and O–H groups in total. The van der Waals surface area contributed by atoms with Crippen LogP contribution in [-0.2, 0) is 0 Å². The first-order valence-electron chi connectivity index (χ1n) is 10.5. The zero-order valence-corrected chi connectivity index (χ0v) is 18.0. The third-order valence-electron chi connectivity index (χ3n) is 5.11. The topological polar surface area (TPSA) is 98.2 Å². The van der Waals surface area contributed by atoms with Crippen molar-refractivity contribution in [2.24, 2.45) is 0 Å². The molecule has 8 nitrogen and oxygen atoms in total. The van der Waals surface area contributed by atoms with E-state index in [-0.39, 0.29) is 35.0 Å². The second-order valence-corrected chi connectivity index (χ2v) is 7.34. The van der Waals surface area contributed by atoms with E-state index in [1.54, 1.807) is 48.7 Å². The van der Waals surface area contributed by atoms with Gasteiger partial charge in [-0.1, -0.05) is 30.3 Å². The number of pyridine rings is 1. The summed E-state index contributed by atoms with van der Waals surface area (Å²) in [4.78, 5) is 3.95. The van der Waals surface area contributed by atoms with Crippen molar-refractivity contribution in [2.75, 3.05) is 6.61 Å². The predicted octanol–water partition coefficient (Wildman–Crippen LogP) is 4.48. The minimum absolute atomic E-state index is 0.0116. The Morgan fingerprint density at radius 1 is 0.943 bits per heavy atom. The van der Waals surface area contributed by atoms with Crippen molar-refractivity contribution in [1.82, 2.24) is 24.8 Å². The Balaban J connectivity index is 1.59. The summed E-state index contributed by atoms with van der Waals surface area (Å²) in [6.45, 7) is -0.216. The molecule has 5 aromatic rings. The Morgan fingerprint density at radius 3 is 2.37 bits per heavy atom. The van der Waals surface area contributed by atoms with Gasteiger partial charge in [0.05, 0.1) is 23.5 Å². The van der Waals surface area contributed by atoms with Gasteiger partial charge >= 0.3 is 0 Å². The standard InChI is InChI=1S/C25H16F2N6O2/c26-20-9-3-1-7-18(20)23-22-14-30-31-24(19-8-2-4-10-21(19)27)33(22)32-25(23)34-15-17(12-28)35-16-6-5-11-29-13-16/h1-11,13-14,17H,15H2. The fraction of sp³-hybridized carbons (Fsp3) is 0.0800. The Bertz CT molecular complexity index is 1530. The van der Waals surface area contributed by atoms with E-state index in [0.717, 1.165) is 0 Å². The molecule has 0 fully saturated rings. The van der Waals surface area contributed by atoms with Crippen molar-refractivity contribution >= 4 is 5.52 Å². The van der Waals surface area contributed by atoms with E-state index < -0.39 is 17.7 Å². The summed E-state index contributed by atoms with van der Waals surface area (Å²) in [5, 5.41) is 22.0. The molecule has 3 heterocycles. The lowest BCUT2D eigenvalue weighted by molar-refractivity contribution is 0.165. The molecule has 1 unspecified atom stereocenters. The summed E-state index contributed by atoms with van der Waals surface area (Å²) in [5.74, 6) is -0.523. The van der Waals surface area contributed by atoms with Gasteiger partial charge in [-0.25, -0.2) is 13.3 Å². The number of fused-ring (bicyclic) bond motifs is 1. The third kappa shape index (κ3) is 4.35. The lowest BCUT2D eigenvalue weighted by atomic mass is 10.1. The normalized spacial score (nSPS) is 11.7. The predicted molar refractivity (Wildman–Crippen MR) is 121 cm³/mol. The summed E-state index contributed by atoms with van der Waals surface area (Å²) >= 11 is 0. The van der Waals surface area contributed by atoms with Gasteiger partial charge in [0.1, 0.15) is 35.6 Å². The van der Waals surface area contributed by atoms with Crippen LogP contribution in [0.5, 0.6) is 11.6 Å². The fourth-order valence-corrected chi connectivity index (χ4v) is 3.53. The van der Waals surface area contributed by atoms with Crippen LogP contribution in [0.1, 0.15) is 0 Å². The average Bonchev–Trinajstić information content (AvgIpc) is 3.26. The quantitative estimate of drug-likeness (QED) is 0.346. The van der Waals surface area contributed by atoms with Crippen LogP contribution < -0.4 is 9.47 Å². The Morgan fingerprint density at radius 2 is 1.69 bits per heavy atom. The van der Waals surface area contributed by atoms with Crippen LogP contribution in [0.2, 0.25) is 0 Å². The van der Waals surface area contributed by atoms with Gasteiger partial charge in [0.15, 0.2) is 5.82 Å². The van der Waals surface area contributed by atoms with Crippen LogP contribution in [-0.4, -0.2) is 37.5 Å². The summed E-state index contributed by atoms with van der Waals surface area (Å²) in [6, 6.07) is 17.5. The SMILES string of the molecule is N#CC(COc1nn2c(-c3ccccc3F)nncc2c1-c1ccccc1F)Oc1cccnc1. The molecule has 3 aromatic heterocycles. The monoisotopic (exact) mass is 470 g/mol. The van der Waals surface area contributed by atoms with Gasteiger partial charge in [-0.2, -0.15) is 10.4 Å². The molecule has 0 aliphatic heterocycles. The highest BCUT2D eigenvalue weighted by atomic mass is 19.1. The molecule has 0 bridgehead atoms. The highest BCUT2D eigenvalue weighted by molar-refractivity contribution is 5.85. The molecule has 0 radical (unpaired) electrons. The molecule has 35 heavy (non-hydrogen) atoms. The second kappa shape index (κ2) is 9.52. The van der Waals surface area contributed by atoms with Crippen LogP contribution in [0.25, 0.3) is 28.0 Å². The van der Waals surface area contributed by atoms with Gasteiger partial charge in [-0.3, -0.25) is 4.98 Å². The molecule has 0 saturated carbocycles. The number of ether oxygens (including phenoxy) is 2. The largest absolute Gasteiger partial charge is 0.471 e. The zero-order valence-electron chi connectivity index (χ0n) is 18.0. The van der Waals surface area contributed by atoms with E-state index in [4.69, 9.17) is 9.47 Å². The number of nitriles is 1. The lowest BCUT2D eigenvalue weighted by Crippen LogP contribution is -2.23. The third-order valence-corrected chi connectivity index (χ3v) is 5.11. The molecule has 0 spiro atoms. The molecular formula is C25H16F2N6O2. The molecule has 10 heteroatoms. The molecular weight excluding hydrogens is 454 g/mol. The number of rotatable bonds is 7. The minimum atomic E-state index is -1.00. The molecule has 5 rings (SSSR count). The van der Waals surface area contributed by atoms with Crippen molar-refractivity contribution in [3.8, 4) is 40.2 Å². The maximum atomic E-state index is 14.8. The number of nitrogens with zero attached hydrogens (tertiary/aromatic N) is 6. The number of hydrogen-bond acceptors (Lipinski definition) is 7. The van der Waals surface area contributed by atoms with Crippen LogP contribution in [0.15, 0.2) is 79.3 Å². The first-order valence-corrected chi connectivity index (χ1v) is 10.5. The van der Waals surface area contributed by atoms with Gasteiger partial charge in [-0.15, -0.1) is 10.2 Å². The smallest absolute Gasteiger partial charge is 0.242 e. The van der Waals surface area contributed by atoms with Crippen molar-refractivity contribution in [1.29, 1.82) is 5.26 Å². The zero-order chi connectivity index (χ0) is 24.2. The molecule has 1 atom stereocenters. The summed E-state index contributed by atoms with van der Waals surface area (Å²) in [5.41, 5.74) is 0.995. The van der Waals surface area contributed by atoms with Gasteiger partial charge in [-0.05, 0) is 30.3 Å². The van der Waals surface area contributed by atoms with Crippen molar-refractivity contribution < 1.29 is 18.3 Å². The first-order chi connectivity index (χ1) is 17.2. The number of hydrogen-bond donors (Lipinski definition) is 0. The maximum absolute atomic E-state index is 14.8. The van der Waals surface area contributed by atoms with Crippen LogP contribution >= 0.6 is 0 Å². The molecule has 0 aliphatic carbocycles. The highest BCUT2D eigenvalue weighted by Crippen LogP contribution is 2.36. The lowest BCUT2D eigenvalue weighted by Gasteiger charge is -2.13. The number of benzene rings is 2. The Hall–Kier alpha value is -4.91. The molecule has 172 valence electrons. The van der Waals surface area contributed by atoms with E-state index >= 15 is 0 Å². The van der Waals surface area contributed by atoms with E-state index in [1.807, 2.05) is 6.07 Å². The van der Waals surface area contributed by atoms with E-state index in [2.05, 4.69) is 20.3 Å². The van der Waals surface area contributed by atoms with Crippen molar-refractivity contribution in [3.05, 3.63) is 90.9 Å². The van der Waals surface area contributed by atoms with Gasteiger partial charge in [0.2, 0.25) is 12.0 Å². The second-order valence-electron chi connectivity index (χ2n) is 7.34. The van der Waals surface area contributed by atoms with E-state index in [9.17, 15) is 14.0 Å². The van der Waals surface area contributed by atoms with Gasteiger partial charge < -0.3 is 9.47 Å². The summed E-state index contributed by atoms with van der Waals surface area (Å²) < 4.78 is 42.2. The minimum Gasteiger partial charge on any atom is -0.471 e. The average molecular weight is 470 g/mol. The number of aromatic nitrogens is 5. The fourth-order valence-electron chi connectivity index (χ4n) is 3.53. The van der Waals surface area contributed by atoms with E-state index in [1.165, 1.54) is 35.1 Å². The van der Waals surface area contributed by atoms with E-state index in [0.29, 0.717) is 11.3 Å². The van der Waals surface area contributed by atoms with Crippen molar-refractivity contribution in [2.45, 2.75) is 6.10 Å². The molecule has 0 saturated heterocycles. The molecule has 0 aliphatic rings. The van der Waals surface area contributed by atoms with Gasteiger partial charge in [0.25, 0.3) is 0 Å².